The lowest BCUT2D eigenvalue weighted by Gasteiger charge is -2.14. The van der Waals surface area contributed by atoms with E-state index in [4.69, 9.17) is 14.2 Å². The van der Waals surface area contributed by atoms with Gasteiger partial charge in [0, 0.05) is 6.61 Å². The van der Waals surface area contributed by atoms with Crippen LogP contribution in [0.4, 0.5) is 0 Å². The topological polar surface area (TPSA) is 61.8 Å². The fourth-order valence-corrected chi connectivity index (χ4v) is 1.02. The van der Waals surface area contributed by atoms with Crippen molar-refractivity contribution in [2.24, 2.45) is 0 Å². The van der Waals surface area contributed by atoms with Crippen LogP contribution in [0.2, 0.25) is 0 Å². The summed E-state index contributed by atoms with van der Waals surface area (Å²) in [5.41, 5.74) is 0. The molecule has 0 spiro atoms. The molecular formula is C10H18O5. The van der Waals surface area contributed by atoms with Crippen molar-refractivity contribution in [2.75, 3.05) is 19.8 Å². The first-order chi connectivity index (χ1) is 7.15. The van der Waals surface area contributed by atoms with Gasteiger partial charge in [-0.2, -0.15) is 0 Å². The molecule has 5 heteroatoms. The van der Waals surface area contributed by atoms with Crippen LogP contribution in [0.3, 0.4) is 0 Å². The van der Waals surface area contributed by atoms with Crippen LogP contribution in [-0.2, 0) is 23.8 Å². The third-order valence-electron chi connectivity index (χ3n) is 1.57. The van der Waals surface area contributed by atoms with Crippen molar-refractivity contribution in [3.63, 3.8) is 0 Å². The number of rotatable bonds is 7. The molecule has 1 atom stereocenters. The minimum absolute atomic E-state index is 0.0967. The Morgan fingerprint density at radius 3 is 2.07 bits per heavy atom. The maximum absolute atomic E-state index is 11.3. The predicted molar refractivity (Wildman–Crippen MR) is 53.3 cm³/mol. The second-order valence-corrected chi connectivity index (χ2v) is 2.71. The first-order valence-corrected chi connectivity index (χ1v) is 5.09. The number of hydrogen-bond acceptors (Lipinski definition) is 5. The second kappa shape index (κ2) is 8.23. The van der Waals surface area contributed by atoms with E-state index < -0.39 is 18.0 Å². The number of ether oxygens (including phenoxy) is 3. The van der Waals surface area contributed by atoms with Crippen LogP contribution in [0, 0.1) is 0 Å². The lowest BCUT2D eigenvalue weighted by molar-refractivity contribution is -0.163. The van der Waals surface area contributed by atoms with Crippen molar-refractivity contribution >= 4 is 11.9 Å². The molecule has 0 bridgehead atoms. The average molecular weight is 218 g/mol. The van der Waals surface area contributed by atoms with Crippen molar-refractivity contribution < 1.29 is 23.8 Å². The van der Waals surface area contributed by atoms with Gasteiger partial charge in [0.25, 0.3) is 0 Å². The maximum Gasteiger partial charge on any atom is 0.335 e. The summed E-state index contributed by atoms with van der Waals surface area (Å²) in [6.07, 6.45) is -0.949. The molecule has 0 saturated heterocycles. The second-order valence-electron chi connectivity index (χ2n) is 2.71. The quantitative estimate of drug-likeness (QED) is 0.594. The summed E-state index contributed by atoms with van der Waals surface area (Å²) >= 11 is 0. The molecule has 15 heavy (non-hydrogen) atoms. The van der Waals surface area contributed by atoms with Gasteiger partial charge in [0.05, 0.1) is 19.6 Å². The Bertz CT molecular complexity index is 202. The highest BCUT2D eigenvalue weighted by Crippen LogP contribution is 2.03. The highest BCUT2D eigenvalue weighted by atomic mass is 16.6. The fraction of sp³-hybridized carbons (Fsp3) is 0.800. The Morgan fingerprint density at radius 2 is 1.60 bits per heavy atom. The maximum atomic E-state index is 11.3. The molecule has 0 amide bonds. The van der Waals surface area contributed by atoms with E-state index in [0.29, 0.717) is 13.2 Å². The van der Waals surface area contributed by atoms with Crippen molar-refractivity contribution in [3.8, 4) is 0 Å². The molecule has 5 nitrogen and oxygen atoms in total. The molecule has 0 unspecified atom stereocenters. The fourth-order valence-electron chi connectivity index (χ4n) is 1.02. The molecule has 0 N–H and O–H groups in total. The number of carbonyl (C=O) groups is 2. The van der Waals surface area contributed by atoms with E-state index in [-0.39, 0.29) is 13.0 Å². The summed E-state index contributed by atoms with van der Waals surface area (Å²) in [5.74, 6) is -0.976. The SMILES string of the molecule is CCOC(=O)C[C@H](OCC)C(=O)OCC. The number of esters is 2. The zero-order valence-electron chi connectivity index (χ0n) is 9.45. The monoisotopic (exact) mass is 218 g/mol. The Balaban J connectivity index is 4.13. The van der Waals surface area contributed by atoms with Crippen LogP contribution in [0.25, 0.3) is 0 Å². The molecule has 0 aliphatic rings. The third kappa shape index (κ3) is 6.06. The predicted octanol–water partition coefficient (Wildman–Crippen LogP) is 0.908. The van der Waals surface area contributed by atoms with Gasteiger partial charge in [0.2, 0.25) is 0 Å². The molecule has 0 rings (SSSR count). The van der Waals surface area contributed by atoms with Gasteiger partial charge in [-0.15, -0.1) is 0 Å². The van der Waals surface area contributed by atoms with Crippen LogP contribution in [-0.4, -0.2) is 37.9 Å². The molecular weight excluding hydrogens is 200 g/mol. The Kier molecular flexibility index (Phi) is 7.62. The van der Waals surface area contributed by atoms with Gasteiger partial charge in [-0.1, -0.05) is 0 Å². The summed E-state index contributed by atoms with van der Waals surface area (Å²) in [4.78, 5) is 22.4. The minimum Gasteiger partial charge on any atom is -0.466 e. The summed E-state index contributed by atoms with van der Waals surface area (Å²) in [6.45, 7) is 6.06. The van der Waals surface area contributed by atoms with Crippen molar-refractivity contribution in [2.45, 2.75) is 33.3 Å². The number of hydrogen-bond donors (Lipinski definition) is 0. The lowest BCUT2D eigenvalue weighted by Crippen LogP contribution is -2.30. The molecule has 0 radical (unpaired) electrons. The molecule has 0 aliphatic heterocycles. The smallest absolute Gasteiger partial charge is 0.335 e. The highest BCUT2D eigenvalue weighted by Gasteiger charge is 2.23. The molecule has 0 aliphatic carbocycles. The normalized spacial score (nSPS) is 11.9. The van der Waals surface area contributed by atoms with Crippen molar-refractivity contribution in [1.29, 1.82) is 0 Å². The first-order valence-electron chi connectivity index (χ1n) is 5.09. The molecule has 0 aromatic heterocycles. The largest absolute Gasteiger partial charge is 0.466 e. The van der Waals surface area contributed by atoms with Crippen LogP contribution in [0.5, 0.6) is 0 Å². The van der Waals surface area contributed by atoms with E-state index >= 15 is 0 Å². The van der Waals surface area contributed by atoms with Crippen LogP contribution in [0.1, 0.15) is 27.2 Å². The molecule has 0 saturated carbocycles. The van der Waals surface area contributed by atoms with E-state index in [2.05, 4.69) is 0 Å². The van der Waals surface area contributed by atoms with E-state index in [1.54, 1.807) is 20.8 Å². The molecule has 88 valence electrons. The molecule has 0 aromatic carbocycles. The highest BCUT2D eigenvalue weighted by molar-refractivity contribution is 5.81. The minimum atomic E-state index is -0.853. The van der Waals surface area contributed by atoms with Crippen molar-refractivity contribution in [3.05, 3.63) is 0 Å². The zero-order valence-corrected chi connectivity index (χ0v) is 9.45. The standard InChI is InChI=1S/C10H18O5/c1-4-13-8(10(12)15-6-3)7-9(11)14-5-2/h8H,4-7H2,1-3H3/t8-/m0/s1. The van der Waals surface area contributed by atoms with Gasteiger partial charge in [0.1, 0.15) is 0 Å². The van der Waals surface area contributed by atoms with Gasteiger partial charge in [0.15, 0.2) is 6.10 Å². The molecule has 0 fully saturated rings. The van der Waals surface area contributed by atoms with E-state index in [9.17, 15) is 9.59 Å². The average Bonchev–Trinajstić information content (AvgIpc) is 2.18. The van der Waals surface area contributed by atoms with E-state index in [0.717, 1.165) is 0 Å². The summed E-state index contributed by atoms with van der Waals surface area (Å²) in [5, 5.41) is 0. The van der Waals surface area contributed by atoms with Gasteiger partial charge >= 0.3 is 11.9 Å². The Morgan fingerprint density at radius 1 is 1.00 bits per heavy atom. The number of carbonyl (C=O) groups excluding carboxylic acids is 2. The lowest BCUT2D eigenvalue weighted by atomic mass is 10.2. The zero-order chi connectivity index (χ0) is 11.7. The molecule has 0 heterocycles. The Labute approximate surface area is 89.7 Å². The van der Waals surface area contributed by atoms with Gasteiger partial charge in [-0.3, -0.25) is 4.79 Å². The van der Waals surface area contributed by atoms with Crippen LogP contribution < -0.4 is 0 Å². The van der Waals surface area contributed by atoms with Crippen molar-refractivity contribution in [1.82, 2.24) is 0 Å². The summed E-state index contributed by atoms with van der Waals surface area (Å²) in [6, 6.07) is 0. The van der Waals surface area contributed by atoms with Gasteiger partial charge < -0.3 is 14.2 Å². The summed E-state index contributed by atoms with van der Waals surface area (Å²) < 4.78 is 14.6. The van der Waals surface area contributed by atoms with Gasteiger partial charge in [-0.05, 0) is 20.8 Å². The van der Waals surface area contributed by atoms with E-state index in [1.807, 2.05) is 0 Å². The van der Waals surface area contributed by atoms with Crippen LogP contribution in [0.15, 0.2) is 0 Å². The van der Waals surface area contributed by atoms with Crippen LogP contribution >= 0.6 is 0 Å². The molecule has 0 aromatic rings. The van der Waals surface area contributed by atoms with E-state index in [1.165, 1.54) is 0 Å². The van der Waals surface area contributed by atoms with Gasteiger partial charge in [-0.25, -0.2) is 4.79 Å². The third-order valence-corrected chi connectivity index (χ3v) is 1.57. The first kappa shape index (κ1) is 13.9. The summed E-state index contributed by atoms with van der Waals surface area (Å²) in [7, 11) is 0. The Hall–Kier alpha value is -1.10.